The van der Waals surface area contributed by atoms with Gasteiger partial charge in [-0.1, -0.05) is 56.7 Å². The first-order valence-corrected chi connectivity index (χ1v) is 12.2. The molecule has 0 radical (unpaired) electrons. The van der Waals surface area contributed by atoms with E-state index in [0.717, 1.165) is 62.3 Å². The smallest absolute Gasteiger partial charge is 0.243 e. The van der Waals surface area contributed by atoms with Gasteiger partial charge in [0, 0.05) is 19.5 Å². The predicted molar refractivity (Wildman–Crippen MR) is 136 cm³/mol. The van der Waals surface area contributed by atoms with E-state index in [1.165, 1.54) is 11.1 Å². The van der Waals surface area contributed by atoms with Gasteiger partial charge < -0.3 is 14.6 Å². The Hall–Kier alpha value is -3.08. The molecule has 1 N–H and O–H groups in total. The second-order valence-corrected chi connectivity index (χ2v) is 8.66. The molecule has 176 valence electrons. The van der Waals surface area contributed by atoms with Crippen molar-refractivity contribution in [1.29, 1.82) is 0 Å². The van der Waals surface area contributed by atoms with Gasteiger partial charge in [0.15, 0.2) is 0 Å². The van der Waals surface area contributed by atoms with Crippen LogP contribution >= 0.6 is 0 Å². The van der Waals surface area contributed by atoms with Crippen molar-refractivity contribution in [2.45, 2.75) is 65.3 Å². The van der Waals surface area contributed by atoms with Gasteiger partial charge in [0.05, 0.1) is 17.6 Å². The number of rotatable bonds is 13. The number of benzene rings is 2. The van der Waals surface area contributed by atoms with Crippen LogP contribution in [-0.4, -0.2) is 28.6 Å². The molecule has 1 amide bonds. The molecule has 1 aromatic heterocycles. The van der Waals surface area contributed by atoms with Crippen LogP contribution < -0.4 is 10.1 Å². The Kier molecular flexibility index (Phi) is 9.55. The van der Waals surface area contributed by atoms with Crippen molar-refractivity contribution in [3.8, 4) is 5.75 Å². The molecular formula is C28H37N3O2. The minimum Gasteiger partial charge on any atom is -0.493 e. The molecule has 0 unspecified atom stereocenters. The van der Waals surface area contributed by atoms with Crippen molar-refractivity contribution in [3.05, 3.63) is 72.1 Å². The highest BCUT2D eigenvalue weighted by Crippen LogP contribution is 2.26. The molecule has 0 saturated carbocycles. The van der Waals surface area contributed by atoms with Gasteiger partial charge >= 0.3 is 0 Å². The van der Waals surface area contributed by atoms with E-state index >= 15 is 0 Å². The fourth-order valence-corrected chi connectivity index (χ4v) is 4.07. The number of amides is 1. The summed E-state index contributed by atoms with van der Waals surface area (Å²) < 4.78 is 8.49. The molecule has 0 spiro atoms. The van der Waals surface area contributed by atoms with E-state index < -0.39 is 0 Å². The van der Waals surface area contributed by atoms with Gasteiger partial charge in [0.2, 0.25) is 5.91 Å². The van der Waals surface area contributed by atoms with E-state index in [1.807, 2.05) is 19.1 Å². The van der Waals surface area contributed by atoms with Gasteiger partial charge in [-0.05, 0) is 61.9 Å². The Morgan fingerprint density at radius 1 is 1.06 bits per heavy atom. The summed E-state index contributed by atoms with van der Waals surface area (Å²) in [7, 11) is 0. The first kappa shape index (κ1) is 24.6. The average Bonchev–Trinajstić information content (AvgIpc) is 3.16. The summed E-state index contributed by atoms with van der Waals surface area (Å²) in [5.41, 5.74) is 3.50. The standard InChI is InChI=1S/C28H37N3O2/c1-4-13-28(32)29-19-11-5-6-18-27-30-24-15-8-9-16-25(24)31(27)20-12-21-33-26-17-10-7-14-23(26)22(2)3/h4,7-10,13-17,22H,5-6,11-12,18-21H2,1-3H3,(H,29,32)/b13-4+. The van der Waals surface area contributed by atoms with E-state index in [-0.39, 0.29) is 5.91 Å². The van der Waals surface area contributed by atoms with E-state index in [9.17, 15) is 4.79 Å². The third kappa shape index (κ3) is 7.21. The molecule has 5 heteroatoms. The molecule has 3 aromatic rings. The van der Waals surface area contributed by atoms with Crippen molar-refractivity contribution < 1.29 is 9.53 Å². The van der Waals surface area contributed by atoms with Gasteiger partial charge in [-0.25, -0.2) is 4.98 Å². The van der Waals surface area contributed by atoms with Crippen molar-refractivity contribution >= 4 is 16.9 Å². The number of hydrogen-bond acceptors (Lipinski definition) is 3. The molecule has 0 aliphatic rings. The van der Waals surface area contributed by atoms with E-state index in [0.29, 0.717) is 12.5 Å². The van der Waals surface area contributed by atoms with Crippen LogP contribution in [0.5, 0.6) is 5.75 Å². The molecule has 0 atom stereocenters. The van der Waals surface area contributed by atoms with Crippen LogP contribution in [0, 0.1) is 0 Å². The summed E-state index contributed by atoms with van der Waals surface area (Å²) in [6.45, 7) is 8.53. The van der Waals surface area contributed by atoms with Gasteiger partial charge in [-0.2, -0.15) is 0 Å². The zero-order valence-corrected chi connectivity index (χ0v) is 20.2. The third-order valence-corrected chi connectivity index (χ3v) is 5.75. The summed E-state index contributed by atoms with van der Waals surface area (Å²) in [6, 6.07) is 16.7. The summed E-state index contributed by atoms with van der Waals surface area (Å²) in [5.74, 6) is 2.56. The topological polar surface area (TPSA) is 56.2 Å². The minimum atomic E-state index is -0.0162. The second-order valence-electron chi connectivity index (χ2n) is 8.66. The fourth-order valence-electron chi connectivity index (χ4n) is 4.07. The maximum atomic E-state index is 11.5. The minimum absolute atomic E-state index is 0.0162. The number of allylic oxidation sites excluding steroid dienone is 1. The molecule has 5 nitrogen and oxygen atoms in total. The molecule has 33 heavy (non-hydrogen) atoms. The molecule has 0 aliphatic carbocycles. The van der Waals surface area contributed by atoms with Crippen LogP contribution in [0.25, 0.3) is 11.0 Å². The number of para-hydroxylation sites is 3. The molecule has 0 aliphatic heterocycles. The lowest BCUT2D eigenvalue weighted by Crippen LogP contribution is -2.21. The molecule has 0 bridgehead atoms. The molecule has 3 rings (SSSR count). The number of unbranched alkanes of at least 4 members (excludes halogenated alkanes) is 2. The van der Waals surface area contributed by atoms with Gasteiger partial charge in [-0.3, -0.25) is 4.79 Å². The highest BCUT2D eigenvalue weighted by molar-refractivity contribution is 5.87. The summed E-state index contributed by atoms with van der Waals surface area (Å²) in [6.07, 6.45) is 8.29. The Morgan fingerprint density at radius 2 is 1.85 bits per heavy atom. The highest BCUT2D eigenvalue weighted by atomic mass is 16.5. The predicted octanol–water partition coefficient (Wildman–Crippen LogP) is 6.03. The van der Waals surface area contributed by atoms with E-state index in [1.54, 1.807) is 12.2 Å². The van der Waals surface area contributed by atoms with Crippen LogP contribution in [-0.2, 0) is 17.8 Å². The van der Waals surface area contributed by atoms with Crippen LogP contribution in [0.4, 0.5) is 0 Å². The highest BCUT2D eigenvalue weighted by Gasteiger charge is 2.11. The Balaban J connectivity index is 1.53. The first-order chi connectivity index (χ1) is 16.1. The van der Waals surface area contributed by atoms with Crippen molar-refractivity contribution in [3.63, 3.8) is 0 Å². The number of aromatic nitrogens is 2. The summed E-state index contributed by atoms with van der Waals surface area (Å²) in [4.78, 5) is 16.4. The maximum Gasteiger partial charge on any atom is 0.243 e. The Labute approximate surface area is 197 Å². The number of carbonyl (C=O) groups excluding carboxylic acids is 1. The lowest BCUT2D eigenvalue weighted by atomic mass is 10.0. The van der Waals surface area contributed by atoms with Crippen LogP contribution in [0.3, 0.4) is 0 Å². The first-order valence-electron chi connectivity index (χ1n) is 12.2. The van der Waals surface area contributed by atoms with Gasteiger partial charge in [-0.15, -0.1) is 0 Å². The number of nitrogens with zero attached hydrogens (tertiary/aromatic N) is 2. The SMILES string of the molecule is C/C=C/C(=O)NCCCCCc1nc2ccccc2n1CCCOc1ccccc1C(C)C. The summed E-state index contributed by atoms with van der Waals surface area (Å²) in [5, 5.41) is 2.91. The number of nitrogens with one attached hydrogen (secondary N) is 1. The molecule has 1 heterocycles. The molecule has 0 fully saturated rings. The number of imidazole rings is 1. The van der Waals surface area contributed by atoms with E-state index in [4.69, 9.17) is 9.72 Å². The lowest BCUT2D eigenvalue weighted by Gasteiger charge is -2.14. The monoisotopic (exact) mass is 447 g/mol. The van der Waals surface area contributed by atoms with Crippen LogP contribution in [0.15, 0.2) is 60.7 Å². The molecule has 0 saturated heterocycles. The Bertz CT molecular complexity index is 1050. The van der Waals surface area contributed by atoms with Gasteiger partial charge in [0.1, 0.15) is 11.6 Å². The average molecular weight is 448 g/mol. The maximum absolute atomic E-state index is 11.5. The molecular weight excluding hydrogens is 410 g/mol. The number of ether oxygens (including phenoxy) is 1. The zero-order chi connectivity index (χ0) is 23.5. The summed E-state index contributed by atoms with van der Waals surface area (Å²) >= 11 is 0. The third-order valence-electron chi connectivity index (χ3n) is 5.75. The van der Waals surface area contributed by atoms with Crippen LogP contribution in [0.2, 0.25) is 0 Å². The van der Waals surface area contributed by atoms with Crippen molar-refractivity contribution in [2.24, 2.45) is 0 Å². The Morgan fingerprint density at radius 3 is 2.67 bits per heavy atom. The largest absolute Gasteiger partial charge is 0.493 e. The van der Waals surface area contributed by atoms with Crippen molar-refractivity contribution in [1.82, 2.24) is 14.9 Å². The number of fused-ring (bicyclic) bond motifs is 1. The second kappa shape index (κ2) is 12.8. The number of hydrogen-bond donors (Lipinski definition) is 1. The molecule has 2 aromatic carbocycles. The number of aryl methyl sites for hydroxylation is 2. The zero-order valence-electron chi connectivity index (χ0n) is 20.2. The normalized spacial score (nSPS) is 11.5. The van der Waals surface area contributed by atoms with E-state index in [2.05, 4.69) is 60.1 Å². The number of carbonyl (C=O) groups is 1. The van der Waals surface area contributed by atoms with Gasteiger partial charge in [0.25, 0.3) is 0 Å². The fraction of sp³-hybridized carbons (Fsp3) is 0.429. The van der Waals surface area contributed by atoms with Crippen molar-refractivity contribution in [2.75, 3.05) is 13.2 Å². The lowest BCUT2D eigenvalue weighted by molar-refractivity contribution is -0.116. The van der Waals surface area contributed by atoms with Crippen LogP contribution in [0.1, 0.15) is 63.8 Å². The quantitative estimate of drug-likeness (QED) is 0.257.